The van der Waals surface area contributed by atoms with Crippen LogP contribution in [-0.4, -0.2) is 11.7 Å². The minimum absolute atomic E-state index is 0.222. The molecule has 2 aromatic rings. The summed E-state index contributed by atoms with van der Waals surface area (Å²) in [6, 6.07) is 10.5. The fraction of sp³-hybridized carbons (Fsp3) is 0.286. The summed E-state index contributed by atoms with van der Waals surface area (Å²) < 4.78 is 13.4. The molecular weight excluding hydrogens is 249 g/mol. The molecule has 96 valence electrons. The standard InChI is InChI=1S/C14H16FNOS/c1-14(17,13-7-4-8-18-13)10-16-9-11-5-2-3-6-12(11)15/h2-8,16-17H,9-10H2,1H3. The van der Waals surface area contributed by atoms with Crippen LogP contribution in [0.15, 0.2) is 41.8 Å². The van der Waals surface area contributed by atoms with E-state index in [1.54, 1.807) is 25.1 Å². The first-order chi connectivity index (χ1) is 8.59. The first-order valence-electron chi connectivity index (χ1n) is 5.80. The maximum absolute atomic E-state index is 13.4. The van der Waals surface area contributed by atoms with Gasteiger partial charge in [-0.15, -0.1) is 11.3 Å². The summed E-state index contributed by atoms with van der Waals surface area (Å²) in [5, 5.41) is 15.3. The molecule has 0 saturated heterocycles. The lowest BCUT2D eigenvalue weighted by Gasteiger charge is -2.22. The summed E-state index contributed by atoms with van der Waals surface area (Å²) in [6.07, 6.45) is 0. The number of hydrogen-bond donors (Lipinski definition) is 2. The molecule has 0 spiro atoms. The number of rotatable bonds is 5. The summed E-state index contributed by atoms with van der Waals surface area (Å²) in [5.41, 5.74) is -0.307. The average molecular weight is 265 g/mol. The predicted octanol–water partition coefficient (Wildman–Crippen LogP) is 2.88. The van der Waals surface area contributed by atoms with E-state index in [1.165, 1.54) is 17.4 Å². The highest BCUT2D eigenvalue weighted by Crippen LogP contribution is 2.24. The molecule has 1 unspecified atom stereocenters. The smallest absolute Gasteiger partial charge is 0.127 e. The number of halogens is 1. The Hall–Kier alpha value is -1.23. The van der Waals surface area contributed by atoms with Crippen molar-refractivity contribution >= 4 is 11.3 Å². The summed E-state index contributed by atoms with van der Waals surface area (Å²) in [6.45, 7) is 2.56. The Morgan fingerprint density at radius 1 is 1.28 bits per heavy atom. The van der Waals surface area contributed by atoms with Gasteiger partial charge in [0.15, 0.2) is 0 Å². The van der Waals surface area contributed by atoms with Gasteiger partial charge in [-0.1, -0.05) is 24.3 Å². The van der Waals surface area contributed by atoms with E-state index < -0.39 is 5.60 Å². The second kappa shape index (κ2) is 5.61. The largest absolute Gasteiger partial charge is 0.383 e. The molecule has 1 aromatic heterocycles. The zero-order valence-electron chi connectivity index (χ0n) is 10.2. The van der Waals surface area contributed by atoms with Crippen LogP contribution < -0.4 is 5.32 Å². The van der Waals surface area contributed by atoms with Crippen LogP contribution >= 0.6 is 11.3 Å². The number of thiophene rings is 1. The zero-order chi connectivity index (χ0) is 13.0. The topological polar surface area (TPSA) is 32.3 Å². The van der Waals surface area contributed by atoms with Gasteiger partial charge in [-0.2, -0.15) is 0 Å². The molecule has 2 nitrogen and oxygen atoms in total. The summed E-state index contributed by atoms with van der Waals surface area (Å²) in [7, 11) is 0. The van der Waals surface area contributed by atoms with E-state index in [9.17, 15) is 9.50 Å². The SMILES string of the molecule is CC(O)(CNCc1ccccc1F)c1cccs1. The van der Waals surface area contributed by atoms with Gasteiger partial charge in [0.2, 0.25) is 0 Å². The number of aliphatic hydroxyl groups is 1. The molecule has 2 N–H and O–H groups in total. The van der Waals surface area contributed by atoms with Gasteiger partial charge in [0.1, 0.15) is 11.4 Å². The van der Waals surface area contributed by atoms with Crippen LogP contribution in [-0.2, 0) is 12.1 Å². The average Bonchev–Trinajstić information content (AvgIpc) is 2.86. The lowest BCUT2D eigenvalue weighted by atomic mass is 10.1. The maximum Gasteiger partial charge on any atom is 0.127 e. The van der Waals surface area contributed by atoms with Crippen LogP contribution in [0.25, 0.3) is 0 Å². The third-order valence-corrected chi connectivity index (χ3v) is 3.92. The molecule has 0 radical (unpaired) electrons. The van der Waals surface area contributed by atoms with Gasteiger partial charge in [0, 0.05) is 23.5 Å². The molecule has 0 bridgehead atoms. The van der Waals surface area contributed by atoms with Crippen molar-refractivity contribution in [3.05, 3.63) is 58.0 Å². The molecule has 0 aliphatic rings. The Morgan fingerprint density at radius 3 is 2.72 bits per heavy atom. The zero-order valence-corrected chi connectivity index (χ0v) is 11.0. The number of benzene rings is 1. The Balaban J connectivity index is 1.91. The van der Waals surface area contributed by atoms with E-state index in [0.29, 0.717) is 18.7 Å². The van der Waals surface area contributed by atoms with E-state index in [4.69, 9.17) is 0 Å². The van der Waals surface area contributed by atoms with Gasteiger partial charge in [0.05, 0.1) is 0 Å². The monoisotopic (exact) mass is 265 g/mol. The van der Waals surface area contributed by atoms with Crippen molar-refractivity contribution in [3.63, 3.8) is 0 Å². The highest BCUT2D eigenvalue weighted by atomic mass is 32.1. The van der Waals surface area contributed by atoms with E-state index in [-0.39, 0.29) is 5.82 Å². The molecule has 2 rings (SSSR count). The second-order valence-corrected chi connectivity index (χ2v) is 5.39. The quantitative estimate of drug-likeness (QED) is 0.871. The van der Waals surface area contributed by atoms with Crippen molar-refractivity contribution in [3.8, 4) is 0 Å². The Bertz CT molecular complexity index is 496. The molecule has 0 saturated carbocycles. The van der Waals surface area contributed by atoms with Crippen molar-refractivity contribution in [1.82, 2.24) is 5.32 Å². The summed E-state index contributed by atoms with van der Waals surface area (Å²) >= 11 is 1.52. The Morgan fingerprint density at radius 2 is 2.06 bits per heavy atom. The fourth-order valence-electron chi connectivity index (χ4n) is 1.75. The first-order valence-corrected chi connectivity index (χ1v) is 6.68. The van der Waals surface area contributed by atoms with Crippen molar-refractivity contribution < 1.29 is 9.50 Å². The molecule has 0 fully saturated rings. The van der Waals surface area contributed by atoms with E-state index in [0.717, 1.165) is 4.88 Å². The van der Waals surface area contributed by atoms with Crippen LogP contribution in [0.3, 0.4) is 0 Å². The normalized spacial score (nSPS) is 14.4. The van der Waals surface area contributed by atoms with Crippen LogP contribution in [0.2, 0.25) is 0 Å². The van der Waals surface area contributed by atoms with Crippen LogP contribution in [0.5, 0.6) is 0 Å². The predicted molar refractivity (Wildman–Crippen MR) is 72.0 cm³/mol. The molecule has 0 amide bonds. The van der Waals surface area contributed by atoms with E-state index in [1.807, 2.05) is 17.5 Å². The highest BCUT2D eigenvalue weighted by molar-refractivity contribution is 7.10. The lowest BCUT2D eigenvalue weighted by Crippen LogP contribution is -2.34. The van der Waals surface area contributed by atoms with Gasteiger partial charge >= 0.3 is 0 Å². The molecule has 1 aromatic carbocycles. The maximum atomic E-state index is 13.4. The summed E-state index contributed by atoms with van der Waals surface area (Å²) in [5.74, 6) is -0.222. The Labute approximate surface area is 110 Å². The van der Waals surface area contributed by atoms with Crippen molar-refractivity contribution in [1.29, 1.82) is 0 Å². The van der Waals surface area contributed by atoms with Crippen molar-refractivity contribution in [2.24, 2.45) is 0 Å². The molecule has 4 heteroatoms. The van der Waals surface area contributed by atoms with Crippen LogP contribution in [0, 0.1) is 5.82 Å². The summed E-state index contributed by atoms with van der Waals surface area (Å²) in [4.78, 5) is 0.906. The minimum Gasteiger partial charge on any atom is -0.383 e. The molecule has 1 heterocycles. The minimum atomic E-state index is -0.917. The van der Waals surface area contributed by atoms with Gasteiger partial charge in [-0.05, 0) is 24.4 Å². The van der Waals surface area contributed by atoms with Gasteiger partial charge in [-0.3, -0.25) is 0 Å². The van der Waals surface area contributed by atoms with Gasteiger partial charge < -0.3 is 10.4 Å². The molecule has 0 aliphatic heterocycles. The third-order valence-electron chi connectivity index (χ3n) is 2.79. The molecular formula is C14H16FNOS. The van der Waals surface area contributed by atoms with Crippen molar-refractivity contribution in [2.45, 2.75) is 19.1 Å². The fourth-order valence-corrected chi connectivity index (χ4v) is 2.54. The molecule has 0 aliphatic carbocycles. The Kier molecular flexibility index (Phi) is 4.11. The number of hydrogen-bond acceptors (Lipinski definition) is 3. The molecule has 18 heavy (non-hydrogen) atoms. The second-order valence-electron chi connectivity index (χ2n) is 4.45. The van der Waals surface area contributed by atoms with Crippen LogP contribution in [0.1, 0.15) is 17.4 Å². The van der Waals surface area contributed by atoms with Crippen LogP contribution in [0.4, 0.5) is 4.39 Å². The van der Waals surface area contributed by atoms with Crippen molar-refractivity contribution in [2.75, 3.05) is 6.54 Å². The number of nitrogens with one attached hydrogen (secondary N) is 1. The lowest BCUT2D eigenvalue weighted by molar-refractivity contribution is 0.0603. The van der Waals surface area contributed by atoms with E-state index >= 15 is 0 Å². The highest BCUT2D eigenvalue weighted by Gasteiger charge is 2.23. The van der Waals surface area contributed by atoms with Gasteiger partial charge in [0.25, 0.3) is 0 Å². The first kappa shape index (κ1) is 13.2. The third kappa shape index (κ3) is 3.16. The molecule has 1 atom stereocenters. The van der Waals surface area contributed by atoms with E-state index in [2.05, 4.69) is 5.32 Å². The van der Waals surface area contributed by atoms with Gasteiger partial charge in [-0.25, -0.2) is 4.39 Å².